The lowest BCUT2D eigenvalue weighted by Crippen LogP contribution is -2.41. The van der Waals surface area contributed by atoms with Gasteiger partial charge in [0.2, 0.25) is 5.91 Å². The summed E-state index contributed by atoms with van der Waals surface area (Å²) >= 11 is 0. The van der Waals surface area contributed by atoms with E-state index in [1.54, 1.807) is 6.20 Å². The van der Waals surface area contributed by atoms with Gasteiger partial charge in [0.25, 0.3) is 0 Å². The quantitative estimate of drug-likeness (QED) is 0.889. The third kappa shape index (κ3) is 3.98. The van der Waals surface area contributed by atoms with Crippen LogP contribution in [0.5, 0.6) is 0 Å². The number of rotatable bonds is 5. The van der Waals surface area contributed by atoms with Crippen molar-refractivity contribution in [3.05, 3.63) is 12.4 Å². The number of nitrogens with one attached hydrogen (secondary N) is 1. The smallest absolute Gasteiger partial charge is 0.244 e. The summed E-state index contributed by atoms with van der Waals surface area (Å²) in [5.74, 6) is 0.119. The van der Waals surface area contributed by atoms with Gasteiger partial charge in [-0.2, -0.15) is 5.10 Å². The van der Waals surface area contributed by atoms with Crippen molar-refractivity contribution in [2.24, 2.45) is 0 Å². The van der Waals surface area contributed by atoms with E-state index in [1.807, 2.05) is 36.5 Å². The average Bonchev–Trinajstić information content (AvgIpc) is 2.78. The third-order valence-corrected chi connectivity index (χ3v) is 3.10. The fourth-order valence-corrected chi connectivity index (χ4v) is 1.89. The van der Waals surface area contributed by atoms with Crippen LogP contribution in [-0.4, -0.2) is 39.7 Å². The van der Waals surface area contributed by atoms with E-state index >= 15 is 0 Å². The normalized spacial score (nSPS) is 13.2. The molecule has 108 valence electrons. The molecule has 0 bridgehead atoms. The highest BCUT2D eigenvalue weighted by Crippen LogP contribution is 2.16. The molecule has 0 spiro atoms. The van der Waals surface area contributed by atoms with Crippen LogP contribution in [0.15, 0.2) is 12.4 Å². The van der Waals surface area contributed by atoms with Gasteiger partial charge in [0.05, 0.1) is 17.4 Å². The molecule has 5 nitrogen and oxygen atoms in total. The predicted molar refractivity (Wildman–Crippen MR) is 78.2 cm³/mol. The number of carbonyl (C=O) groups excluding carboxylic acids is 1. The minimum Gasteiger partial charge on any atom is -0.371 e. The molecule has 0 saturated carbocycles. The zero-order valence-electron chi connectivity index (χ0n) is 12.9. The molecular formula is C14H26N4O. The van der Waals surface area contributed by atoms with Crippen LogP contribution in [0.25, 0.3) is 0 Å². The van der Waals surface area contributed by atoms with Crippen LogP contribution in [0.4, 0.5) is 5.69 Å². The van der Waals surface area contributed by atoms with Gasteiger partial charge >= 0.3 is 0 Å². The Labute approximate surface area is 116 Å². The maximum atomic E-state index is 12.1. The zero-order chi connectivity index (χ0) is 14.6. The topological polar surface area (TPSA) is 50.2 Å². The maximum absolute atomic E-state index is 12.1. The van der Waals surface area contributed by atoms with E-state index in [0.29, 0.717) is 0 Å². The van der Waals surface area contributed by atoms with Crippen LogP contribution in [0, 0.1) is 0 Å². The molecule has 19 heavy (non-hydrogen) atoms. The Balaban J connectivity index is 2.69. The van der Waals surface area contributed by atoms with Crippen LogP contribution in [0.2, 0.25) is 0 Å². The lowest BCUT2D eigenvalue weighted by molar-refractivity contribution is -0.131. The van der Waals surface area contributed by atoms with Gasteiger partial charge in [0, 0.05) is 19.3 Å². The highest BCUT2D eigenvalue weighted by Gasteiger charge is 2.19. The molecule has 0 aromatic carbocycles. The lowest BCUT2D eigenvalue weighted by Gasteiger charge is -2.23. The SMILES string of the molecule is CCN(CC)C(=O)[C@@H](C)Nc1cnn(C(C)(C)C)c1. The number of carbonyl (C=O) groups is 1. The van der Waals surface area contributed by atoms with Crippen molar-refractivity contribution in [2.75, 3.05) is 18.4 Å². The Hall–Kier alpha value is -1.52. The number of nitrogens with zero attached hydrogens (tertiary/aromatic N) is 3. The van der Waals surface area contributed by atoms with Crippen molar-refractivity contribution >= 4 is 11.6 Å². The number of likely N-dealkylation sites (N-methyl/N-ethyl adjacent to an activating group) is 1. The van der Waals surface area contributed by atoms with Gasteiger partial charge in [-0.3, -0.25) is 9.48 Å². The van der Waals surface area contributed by atoms with Gasteiger partial charge in [0.1, 0.15) is 6.04 Å². The molecule has 0 aliphatic rings. The number of hydrogen-bond donors (Lipinski definition) is 1. The Morgan fingerprint density at radius 1 is 1.42 bits per heavy atom. The van der Waals surface area contributed by atoms with Gasteiger partial charge in [-0.1, -0.05) is 0 Å². The minimum absolute atomic E-state index is 0.0496. The predicted octanol–water partition coefficient (Wildman–Crippen LogP) is 2.31. The van der Waals surface area contributed by atoms with Gasteiger partial charge in [-0.15, -0.1) is 0 Å². The first kappa shape index (κ1) is 15.5. The molecule has 1 aromatic rings. The van der Waals surface area contributed by atoms with Crippen molar-refractivity contribution < 1.29 is 4.79 Å². The van der Waals surface area contributed by atoms with Crippen LogP contribution < -0.4 is 5.32 Å². The van der Waals surface area contributed by atoms with Crippen LogP contribution in [0.1, 0.15) is 41.5 Å². The summed E-state index contributed by atoms with van der Waals surface area (Å²) in [5.41, 5.74) is 0.828. The molecule has 1 amide bonds. The first-order valence-electron chi connectivity index (χ1n) is 6.90. The molecule has 5 heteroatoms. The average molecular weight is 266 g/mol. The first-order valence-corrected chi connectivity index (χ1v) is 6.90. The second-order valence-corrected chi connectivity index (χ2v) is 5.72. The molecule has 1 aromatic heterocycles. The molecule has 1 heterocycles. The van der Waals surface area contributed by atoms with E-state index in [-0.39, 0.29) is 17.5 Å². The second-order valence-electron chi connectivity index (χ2n) is 5.72. The first-order chi connectivity index (χ1) is 8.79. The fraction of sp³-hybridized carbons (Fsp3) is 0.714. The number of anilines is 1. The molecular weight excluding hydrogens is 240 g/mol. The maximum Gasteiger partial charge on any atom is 0.244 e. The summed E-state index contributed by atoms with van der Waals surface area (Å²) in [6.45, 7) is 13.6. The second kappa shape index (κ2) is 6.08. The monoisotopic (exact) mass is 266 g/mol. The van der Waals surface area contributed by atoms with Crippen molar-refractivity contribution in [2.45, 2.75) is 53.1 Å². The Morgan fingerprint density at radius 2 is 2.00 bits per heavy atom. The van der Waals surface area contributed by atoms with Crippen molar-refractivity contribution in [3.63, 3.8) is 0 Å². The molecule has 0 radical (unpaired) electrons. The summed E-state index contributed by atoms with van der Waals surface area (Å²) in [4.78, 5) is 14.0. The van der Waals surface area contributed by atoms with E-state index in [2.05, 4.69) is 31.2 Å². The van der Waals surface area contributed by atoms with Gasteiger partial charge in [-0.25, -0.2) is 0 Å². The number of hydrogen-bond acceptors (Lipinski definition) is 3. The molecule has 0 aliphatic carbocycles. The highest BCUT2D eigenvalue weighted by molar-refractivity contribution is 5.84. The van der Waals surface area contributed by atoms with Gasteiger partial charge < -0.3 is 10.2 Å². The third-order valence-electron chi connectivity index (χ3n) is 3.10. The highest BCUT2D eigenvalue weighted by atomic mass is 16.2. The van der Waals surface area contributed by atoms with Crippen molar-refractivity contribution in [1.82, 2.24) is 14.7 Å². The molecule has 0 unspecified atom stereocenters. The van der Waals surface area contributed by atoms with E-state index in [4.69, 9.17) is 0 Å². The standard InChI is InChI=1S/C14H26N4O/c1-7-17(8-2)13(19)11(3)16-12-9-15-18(10-12)14(4,5)6/h9-11,16H,7-8H2,1-6H3/t11-/m1/s1. The van der Waals surface area contributed by atoms with Crippen molar-refractivity contribution in [3.8, 4) is 0 Å². The van der Waals surface area contributed by atoms with E-state index < -0.39 is 0 Å². The molecule has 1 rings (SSSR count). The minimum atomic E-state index is -0.238. The zero-order valence-corrected chi connectivity index (χ0v) is 12.9. The molecule has 1 atom stereocenters. The lowest BCUT2D eigenvalue weighted by atomic mass is 10.1. The van der Waals surface area contributed by atoms with Gasteiger partial charge in [-0.05, 0) is 41.5 Å². The van der Waals surface area contributed by atoms with Crippen LogP contribution in [-0.2, 0) is 10.3 Å². The molecule has 0 aliphatic heterocycles. The fourth-order valence-electron chi connectivity index (χ4n) is 1.89. The Kier molecular flexibility index (Phi) is 4.97. The van der Waals surface area contributed by atoms with Crippen molar-refractivity contribution in [1.29, 1.82) is 0 Å². The van der Waals surface area contributed by atoms with E-state index in [1.165, 1.54) is 0 Å². The Bertz CT molecular complexity index is 415. The largest absolute Gasteiger partial charge is 0.371 e. The van der Waals surface area contributed by atoms with Crippen LogP contribution >= 0.6 is 0 Å². The van der Waals surface area contributed by atoms with E-state index in [9.17, 15) is 4.79 Å². The summed E-state index contributed by atoms with van der Waals surface area (Å²) in [6.07, 6.45) is 3.70. The summed E-state index contributed by atoms with van der Waals surface area (Å²) in [7, 11) is 0. The Morgan fingerprint density at radius 3 is 2.42 bits per heavy atom. The molecule has 0 fully saturated rings. The van der Waals surface area contributed by atoms with Crippen LogP contribution in [0.3, 0.4) is 0 Å². The molecule has 1 N–H and O–H groups in total. The van der Waals surface area contributed by atoms with E-state index in [0.717, 1.165) is 18.8 Å². The number of aromatic nitrogens is 2. The molecule has 0 saturated heterocycles. The summed E-state index contributed by atoms with van der Waals surface area (Å²) in [6, 6.07) is -0.238. The van der Waals surface area contributed by atoms with Gasteiger partial charge in [0.15, 0.2) is 0 Å². The number of amides is 1. The summed E-state index contributed by atoms with van der Waals surface area (Å²) < 4.78 is 1.89. The summed E-state index contributed by atoms with van der Waals surface area (Å²) in [5, 5.41) is 7.52.